The molecule has 0 radical (unpaired) electrons. The Morgan fingerprint density at radius 2 is 2.14 bits per heavy atom. The van der Waals surface area contributed by atoms with Gasteiger partial charge in [0.1, 0.15) is 5.56 Å². The number of hydrogen-bond donors (Lipinski definition) is 2. The molecule has 0 fully saturated rings. The molecule has 0 spiro atoms. The van der Waals surface area contributed by atoms with Crippen LogP contribution in [0.15, 0.2) is 18.2 Å². The van der Waals surface area contributed by atoms with Crippen molar-refractivity contribution in [2.75, 3.05) is 30.4 Å². The van der Waals surface area contributed by atoms with Crippen LogP contribution in [0, 0.1) is 10.1 Å². The van der Waals surface area contributed by atoms with Crippen LogP contribution < -0.4 is 10.6 Å². The molecule has 0 aliphatic rings. The van der Waals surface area contributed by atoms with E-state index < -0.39 is 10.8 Å². The van der Waals surface area contributed by atoms with Crippen LogP contribution in [-0.2, 0) is 0 Å². The molecule has 1 rings (SSSR count). The van der Waals surface area contributed by atoms with Gasteiger partial charge in [-0.15, -0.1) is 0 Å². The zero-order valence-corrected chi connectivity index (χ0v) is 13.2. The topological polar surface area (TPSA) is 84.3 Å². The van der Waals surface area contributed by atoms with Gasteiger partial charge < -0.3 is 10.6 Å². The van der Waals surface area contributed by atoms with Crippen molar-refractivity contribution in [2.45, 2.75) is 19.8 Å². The molecule has 0 aliphatic heterocycles. The van der Waals surface area contributed by atoms with E-state index in [1.54, 1.807) is 17.8 Å². The van der Waals surface area contributed by atoms with Gasteiger partial charge in [-0.3, -0.25) is 14.9 Å². The maximum atomic E-state index is 12.1. The molecule has 1 aromatic rings. The largest absolute Gasteiger partial charge is 0.385 e. The highest BCUT2D eigenvalue weighted by Crippen LogP contribution is 2.22. The second-order valence-electron chi connectivity index (χ2n) is 4.52. The Bertz CT molecular complexity index is 494. The number of nitrogens with zero attached hydrogens (tertiary/aromatic N) is 1. The molecule has 6 nitrogen and oxygen atoms in total. The molecule has 0 saturated carbocycles. The Labute approximate surface area is 128 Å². The number of anilines is 1. The fraction of sp³-hybridized carbons (Fsp3) is 0.500. The van der Waals surface area contributed by atoms with Gasteiger partial charge in [-0.2, -0.15) is 11.8 Å². The molecule has 1 aromatic carbocycles. The maximum Gasteiger partial charge on any atom is 0.282 e. The minimum absolute atomic E-state index is 0.102. The van der Waals surface area contributed by atoms with Gasteiger partial charge in [-0.25, -0.2) is 0 Å². The second kappa shape index (κ2) is 9.23. The van der Waals surface area contributed by atoms with E-state index in [0.29, 0.717) is 6.54 Å². The molecule has 0 atom stereocenters. The van der Waals surface area contributed by atoms with Crippen LogP contribution in [-0.4, -0.2) is 35.9 Å². The van der Waals surface area contributed by atoms with Gasteiger partial charge in [0.25, 0.3) is 11.6 Å². The van der Waals surface area contributed by atoms with Crippen molar-refractivity contribution >= 4 is 29.0 Å². The number of benzene rings is 1. The van der Waals surface area contributed by atoms with Crippen molar-refractivity contribution < 1.29 is 9.72 Å². The number of nitro benzene ring substituents is 1. The first-order valence-electron chi connectivity index (χ1n) is 6.89. The van der Waals surface area contributed by atoms with Crippen molar-refractivity contribution in [3.05, 3.63) is 33.9 Å². The third-order valence-corrected chi connectivity index (χ3v) is 3.52. The van der Waals surface area contributed by atoms with Crippen LogP contribution in [0.1, 0.15) is 30.1 Å². The van der Waals surface area contributed by atoms with E-state index in [-0.39, 0.29) is 11.3 Å². The summed E-state index contributed by atoms with van der Waals surface area (Å²) in [4.78, 5) is 22.6. The lowest BCUT2D eigenvalue weighted by Gasteiger charge is -2.09. The highest BCUT2D eigenvalue weighted by atomic mass is 32.2. The number of hydrogen-bond acceptors (Lipinski definition) is 5. The Morgan fingerprint density at radius 1 is 1.38 bits per heavy atom. The summed E-state index contributed by atoms with van der Waals surface area (Å²) in [7, 11) is 0. The summed E-state index contributed by atoms with van der Waals surface area (Å²) in [5.74, 6) is 0.545. The summed E-state index contributed by atoms with van der Waals surface area (Å²) in [6.07, 6.45) is 3.78. The minimum atomic E-state index is -0.527. The zero-order valence-electron chi connectivity index (χ0n) is 12.3. The average Bonchev–Trinajstić information content (AvgIpc) is 2.48. The molecule has 0 unspecified atom stereocenters. The molecule has 1 amide bonds. The Morgan fingerprint density at radius 3 is 2.76 bits per heavy atom. The number of nitro groups is 1. The summed E-state index contributed by atoms with van der Waals surface area (Å²) in [6.45, 7) is 3.30. The quantitative estimate of drug-likeness (QED) is 0.416. The molecular formula is C14H21N3O3S. The predicted molar refractivity (Wildman–Crippen MR) is 87.2 cm³/mol. The average molecular weight is 311 g/mol. The highest BCUT2D eigenvalue weighted by molar-refractivity contribution is 7.98. The van der Waals surface area contributed by atoms with Crippen LogP contribution in [0.2, 0.25) is 0 Å². The van der Waals surface area contributed by atoms with Gasteiger partial charge in [0.2, 0.25) is 0 Å². The summed E-state index contributed by atoms with van der Waals surface area (Å²) in [5.41, 5.74) is 0.654. The number of thioether (sulfide) groups is 1. The molecule has 2 N–H and O–H groups in total. The normalized spacial score (nSPS) is 10.2. The lowest BCUT2D eigenvalue weighted by Crippen LogP contribution is -2.25. The van der Waals surface area contributed by atoms with E-state index in [9.17, 15) is 14.9 Å². The fourth-order valence-electron chi connectivity index (χ4n) is 1.77. The van der Waals surface area contributed by atoms with E-state index in [2.05, 4.69) is 10.6 Å². The van der Waals surface area contributed by atoms with E-state index in [0.717, 1.165) is 30.8 Å². The Balaban J connectivity index is 2.84. The monoisotopic (exact) mass is 311 g/mol. The zero-order chi connectivity index (χ0) is 15.7. The van der Waals surface area contributed by atoms with Crippen LogP contribution in [0.4, 0.5) is 11.4 Å². The number of nitrogens with one attached hydrogen (secondary N) is 2. The molecular weight excluding hydrogens is 290 g/mol. The molecule has 0 saturated heterocycles. The van der Waals surface area contributed by atoms with Gasteiger partial charge in [-0.05, 0) is 37.0 Å². The first-order chi connectivity index (χ1) is 10.1. The predicted octanol–water partition coefficient (Wildman–Crippen LogP) is 2.90. The van der Waals surface area contributed by atoms with Crippen molar-refractivity contribution in [1.82, 2.24) is 5.32 Å². The van der Waals surface area contributed by atoms with Gasteiger partial charge in [0, 0.05) is 24.8 Å². The van der Waals surface area contributed by atoms with Crippen LogP contribution in [0.5, 0.6) is 0 Å². The van der Waals surface area contributed by atoms with E-state index >= 15 is 0 Å². The van der Waals surface area contributed by atoms with Gasteiger partial charge >= 0.3 is 0 Å². The van der Waals surface area contributed by atoms with Gasteiger partial charge in [-0.1, -0.05) is 6.92 Å². The molecule has 7 heteroatoms. The summed E-state index contributed by atoms with van der Waals surface area (Å²) < 4.78 is 0. The third-order valence-electron chi connectivity index (χ3n) is 2.83. The van der Waals surface area contributed by atoms with Gasteiger partial charge in [0.15, 0.2) is 0 Å². The maximum absolute atomic E-state index is 12.1. The summed E-state index contributed by atoms with van der Waals surface area (Å²) in [5, 5.41) is 16.9. The lowest BCUT2D eigenvalue weighted by molar-refractivity contribution is -0.385. The number of carbonyl (C=O) groups excluding carboxylic acids is 1. The van der Waals surface area contributed by atoms with Crippen LogP contribution >= 0.6 is 11.8 Å². The Kier molecular flexibility index (Phi) is 7.60. The fourth-order valence-corrected chi connectivity index (χ4v) is 2.20. The number of rotatable bonds is 9. The SMILES string of the molecule is CCCNc1ccc([N+](=O)[O-])c(C(=O)NCCCSC)c1. The first-order valence-corrected chi connectivity index (χ1v) is 8.29. The first kappa shape index (κ1) is 17.3. The minimum Gasteiger partial charge on any atom is -0.385 e. The van der Waals surface area contributed by atoms with Crippen molar-refractivity contribution in [2.24, 2.45) is 0 Å². The third kappa shape index (κ3) is 5.63. The van der Waals surface area contributed by atoms with E-state index in [1.165, 1.54) is 12.1 Å². The molecule has 0 bridgehead atoms. The van der Waals surface area contributed by atoms with Crippen LogP contribution in [0.3, 0.4) is 0 Å². The van der Waals surface area contributed by atoms with E-state index in [4.69, 9.17) is 0 Å². The summed E-state index contributed by atoms with van der Waals surface area (Å²) in [6, 6.07) is 4.53. The van der Waals surface area contributed by atoms with Crippen molar-refractivity contribution in [3.63, 3.8) is 0 Å². The molecule has 116 valence electrons. The number of amides is 1. The highest BCUT2D eigenvalue weighted by Gasteiger charge is 2.20. The Hall–Kier alpha value is -1.76. The van der Waals surface area contributed by atoms with Crippen molar-refractivity contribution in [3.8, 4) is 0 Å². The lowest BCUT2D eigenvalue weighted by atomic mass is 10.1. The van der Waals surface area contributed by atoms with Crippen LogP contribution in [0.25, 0.3) is 0 Å². The standard InChI is InChI=1S/C14H21N3O3S/c1-3-7-15-11-5-6-13(17(19)20)12(10-11)14(18)16-8-4-9-21-2/h5-6,10,15H,3-4,7-9H2,1-2H3,(H,16,18). The summed E-state index contributed by atoms with van der Waals surface area (Å²) >= 11 is 1.70. The molecule has 0 aromatic heterocycles. The van der Waals surface area contributed by atoms with Gasteiger partial charge in [0.05, 0.1) is 4.92 Å². The van der Waals surface area contributed by atoms with E-state index in [1.807, 2.05) is 13.2 Å². The second-order valence-corrected chi connectivity index (χ2v) is 5.50. The smallest absolute Gasteiger partial charge is 0.282 e. The molecule has 0 aliphatic carbocycles. The molecule has 0 heterocycles. The number of carbonyl (C=O) groups is 1. The van der Waals surface area contributed by atoms with Crippen molar-refractivity contribution in [1.29, 1.82) is 0 Å². The molecule has 21 heavy (non-hydrogen) atoms.